The van der Waals surface area contributed by atoms with Crippen LogP contribution in [0.5, 0.6) is 11.5 Å². The van der Waals surface area contributed by atoms with E-state index in [2.05, 4.69) is 0 Å². The van der Waals surface area contributed by atoms with Crippen LogP contribution in [-0.2, 0) is 9.53 Å². The number of fused-ring (bicyclic) bond motifs is 2. The predicted octanol–water partition coefficient (Wildman–Crippen LogP) is 3.77. The summed E-state index contributed by atoms with van der Waals surface area (Å²) in [6.07, 6.45) is 0. The highest BCUT2D eigenvalue weighted by atomic mass is 16.6. The van der Waals surface area contributed by atoms with Gasteiger partial charge >= 0.3 is 11.6 Å². The minimum Gasteiger partial charge on any atom is -0.493 e. The van der Waals surface area contributed by atoms with Crippen molar-refractivity contribution >= 4 is 27.9 Å². The number of hydrogen-bond donors (Lipinski definition) is 0. The van der Waals surface area contributed by atoms with Crippen LogP contribution in [0.4, 0.5) is 0 Å². The first-order chi connectivity index (χ1) is 13.6. The fourth-order valence-corrected chi connectivity index (χ4v) is 3.02. The first kappa shape index (κ1) is 17.8. The van der Waals surface area contributed by atoms with Gasteiger partial charge < -0.3 is 23.0 Å². The highest BCUT2D eigenvalue weighted by Crippen LogP contribution is 2.36. The third-order valence-corrected chi connectivity index (χ3v) is 4.20. The molecule has 0 amide bonds. The second-order valence-electron chi connectivity index (χ2n) is 6.03. The molecule has 2 aromatic heterocycles. The maximum Gasteiger partial charge on any atom is 0.337 e. The lowest BCUT2D eigenvalue weighted by Crippen LogP contribution is -2.14. The highest BCUT2D eigenvalue weighted by Gasteiger charge is 2.16. The molecule has 0 saturated heterocycles. The molecule has 0 spiro atoms. The molecule has 7 heteroatoms. The first-order valence-electron chi connectivity index (χ1n) is 8.43. The molecule has 0 aliphatic carbocycles. The SMILES string of the molecule is COCC(=O)Oc1ccc2oc(=O)cc(-c3cc4cccc(OC)c4o3)c2c1. The number of methoxy groups -OCH3 is 2. The Kier molecular flexibility index (Phi) is 4.58. The summed E-state index contributed by atoms with van der Waals surface area (Å²) in [5.74, 6) is 0.829. The Labute approximate surface area is 159 Å². The fraction of sp³-hybridized carbons (Fsp3) is 0.143. The van der Waals surface area contributed by atoms with Crippen LogP contribution in [0.2, 0.25) is 0 Å². The summed E-state index contributed by atoms with van der Waals surface area (Å²) in [6, 6.07) is 13.4. The van der Waals surface area contributed by atoms with Crippen LogP contribution in [-0.4, -0.2) is 26.8 Å². The van der Waals surface area contributed by atoms with Crippen LogP contribution >= 0.6 is 0 Å². The van der Waals surface area contributed by atoms with Gasteiger partial charge in [0.1, 0.15) is 23.7 Å². The van der Waals surface area contributed by atoms with Crippen molar-refractivity contribution in [2.24, 2.45) is 0 Å². The molecule has 0 atom stereocenters. The Hall–Kier alpha value is -3.58. The number of ether oxygens (including phenoxy) is 3. The maximum atomic E-state index is 12.0. The second kappa shape index (κ2) is 7.21. The Morgan fingerprint density at radius 2 is 1.89 bits per heavy atom. The van der Waals surface area contributed by atoms with Gasteiger partial charge in [-0.05, 0) is 30.3 Å². The first-order valence-corrected chi connectivity index (χ1v) is 8.43. The van der Waals surface area contributed by atoms with E-state index in [1.165, 1.54) is 13.2 Å². The Morgan fingerprint density at radius 1 is 1.04 bits per heavy atom. The van der Waals surface area contributed by atoms with Crippen LogP contribution in [0.1, 0.15) is 0 Å². The van der Waals surface area contributed by atoms with E-state index in [1.807, 2.05) is 18.2 Å². The minimum absolute atomic E-state index is 0.169. The van der Waals surface area contributed by atoms with Gasteiger partial charge in [0.25, 0.3) is 0 Å². The molecule has 2 heterocycles. The van der Waals surface area contributed by atoms with E-state index in [1.54, 1.807) is 31.4 Å². The lowest BCUT2D eigenvalue weighted by Gasteiger charge is -2.07. The van der Waals surface area contributed by atoms with E-state index in [0.717, 1.165) is 5.39 Å². The van der Waals surface area contributed by atoms with Crippen molar-refractivity contribution in [3.05, 3.63) is 59.0 Å². The van der Waals surface area contributed by atoms with Gasteiger partial charge in [0.15, 0.2) is 11.3 Å². The number of furan rings is 1. The molecule has 2 aromatic carbocycles. The number of benzene rings is 2. The third kappa shape index (κ3) is 3.23. The molecule has 0 unspecified atom stereocenters. The largest absolute Gasteiger partial charge is 0.493 e. The summed E-state index contributed by atoms with van der Waals surface area (Å²) in [4.78, 5) is 23.7. The number of rotatable bonds is 5. The van der Waals surface area contributed by atoms with Crippen molar-refractivity contribution < 1.29 is 27.8 Å². The Balaban J connectivity index is 1.88. The molecule has 7 nitrogen and oxygen atoms in total. The number of esters is 1. The van der Waals surface area contributed by atoms with Gasteiger partial charge in [0.05, 0.1) is 7.11 Å². The van der Waals surface area contributed by atoms with Crippen molar-refractivity contribution in [2.75, 3.05) is 20.8 Å². The smallest absolute Gasteiger partial charge is 0.337 e. The standard InChI is InChI=1S/C21H16O7/c1-24-11-20(23)26-13-6-7-16-14(9-13)15(10-19(22)27-16)18-8-12-4-3-5-17(25-2)21(12)28-18/h3-10H,11H2,1-2H3. The Bertz CT molecular complexity index is 1230. The lowest BCUT2D eigenvalue weighted by molar-refractivity contribution is -0.138. The molecule has 0 aliphatic heterocycles. The van der Waals surface area contributed by atoms with E-state index in [4.69, 9.17) is 23.0 Å². The van der Waals surface area contributed by atoms with Crippen molar-refractivity contribution in [3.8, 4) is 22.8 Å². The van der Waals surface area contributed by atoms with Gasteiger partial charge in [-0.3, -0.25) is 0 Å². The van der Waals surface area contributed by atoms with E-state index in [-0.39, 0.29) is 6.61 Å². The minimum atomic E-state index is -0.533. The van der Waals surface area contributed by atoms with E-state index >= 15 is 0 Å². The average molecular weight is 380 g/mol. The summed E-state index contributed by atoms with van der Waals surface area (Å²) >= 11 is 0. The molecule has 0 radical (unpaired) electrons. The fourth-order valence-electron chi connectivity index (χ4n) is 3.02. The molecule has 4 rings (SSSR count). The van der Waals surface area contributed by atoms with E-state index in [0.29, 0.717) is 39.4 Å². The number of para-hydroxylation sites is 1. The van der Waals surface area contributed by atoms with Gasteiger partial charge in [-0.15, -0.1) is 0 Å². The highest BCUT2D eigenvalue weighted by molar-refractivity contribution is 5.96. The second-order valence-corrected chi connectivity index (χ2v) is 6.03. The van der Waals surface area contributed by atoms with Gasteiger partial charge in [-0.25, -0.2) is 9.59 Å². The molecular formula is C21H16O7. The molecule has 0 fully saturated rings. The average Bonchev–Trinajstić information content (AvgIpc) is 3.12. The molecule has 0 N–H and O–H groups in total. The zero-order chi connectivity index (χ0) is 19.7. The summed E-state index contributed by atoms with van der Waals surface area (Å²) in [5.41, 5.74) is 0.929. The van der Waals surface area contributed by atoms with Crippen molar-refractivity contribution in [1.29, 1.82) is 0 Å². The molecule has 4 aromatic rings. The number of carbonyl (C=O) groups excluding carboxylic acids is 1. The topological polar surface area (TPSA) is 88.1 Å². The quantitative estimate of drug-likeness (QED) is 0.296. The van der Waals surface area contributed by atoms with Crippen molar-refractivity contribution in [1.82, 2.24) is 0 Å². The summed E-state index contributed by atoms with van der Waals surface area (Å²) < 4.78 is 26.6. The van der Waals surface area contributed by atoms with Crippen LogP contribution in [0, 0.1) is 0 Å². The molecule has 28 heavy (non-hydrogen) atoms. The summed E-state index contributed by atoms with van der Waals surface area (Å²) in [7, 11) is 2.97. The van der Waals surface area contributed by atoms with E-state index in [9.17, 15) is 9.59 Å². The molecule has 142 valence electrons. The van der Waals surface area contributed by atoms with Gasteiger partial charge in [0, 0.05) is 29.5 Å². The van der Waals surface area contributed by atoms with Crippen LogP contribution in [0.15, 0.2) is 62.2 Å². The van der Waals surface area contributed by atoms with Gasteiger partial charge in [-0.1, -0.05) is 12.1 Å². The molecular weight excluding hydrogens is 364 g/mol. The zero-order valence-corrected chi connectivity index (χ0v) is 15.2. The normalized spacial score (nSPS) is 11.1. The van der Waals surface area contributed by atoms with Gasteiger partial charge in [0.2, 0.25) is 0 Å². The van der Waals surface area contributed by atoms with Crippen molar-refractivity contribution in [2.45, 2.75) is 0 Å². The molecule has 0 bridgehead atoms. The predicted molar refractivity (Wildman–Crippen MR) is 102 cm³/mol. The van der Waals surface area contributed by atoms with Crippen molar-refractivity contribution in [3.63, 3.8) is 0 Å². The summed E-state index contributed by atoms with van der Waals surface area (Å²) in [5, 5.41) is 1.40. The number of carbonyl (C=O) groups is 1. The van der Waals surface area contributed by atoms with Gasteiger partial charge in [-0.2, -0.15) is 0 Å². The lowest BCUT2D eigenvalue weighted by atomic mass is 10.1. The van der Waals surface area contributed by atoms with E-state index < -0.39 is 11.6 Å². The Morgan fingerprint density at radius 3 is 2.68 bits per heavy atom. The van der Waals surface area contributed by atoms with Crippen LogP contribution in [0.25, 0.3) is 33.3 Å². The zero-order valence-electron chi connectivity index (χ0n) is 15.2. The van der Waals surface area contributed by atoms with Crippen LogP contribution < -0.4 is 15.1 Å². The third-order valence-electron chi connectivity index (χ3n) is 4.20. The maximum absolute atomic E-state index is 12.0. The monoisotopic (exact) mass is 380 g/mol. The molecule has 0 saturated carbocycles. The number of hydrogen-bond acceptors (Lipinski definition) is 7. The molecule has 0 aliphatic rings. The van der Waals surface area contributed by atoms with Crippen LogP contribution in [0.3, 0.4) is 0 Å². The summed E-state index contributed by atoms with van der Waals surface area (Å²) in [6.45, 7) is -0.169.